The Morgan fingerprint density at radius 2 is 1.64 bits per heavy atom. The van der Waals surface area contributed by atoms with Crippen molar-refractivity contribution in [1.82, 2.24) is 4.31 Å². The van der Waals surface area contributed by atoms with Gasteiger partial charge in [-0.3, -0.25) is 4.72 Å². The maximum atomic E-state index is 12.7. The number of piperidine rings is 1. The molecule has 0 aliphatic carbocycles. The van der Waals surface area contributed by atoms with Crippen LogP contribution in [0.2, 0.25) is 0 Å². The second kappa shape index (κ2) is 7.91. The first kappa shape index (κ1) is 20.3. The van der Waals surface area contributed by atoms with Crippen LogP contribution in [0.3, 0.4) is 0 Å². The van der Waals surface area contributed by atoms with E-state index in [9.17, 15) is 16.8 Å². The SMILES string of the molecule is CC1CCN(S(=O)(=O)c2ccc(NS(=O)(=O)c3cccc(C#N)c3)cc2)CC1. The molecule has 2 aromatic carbocycles. The molecule has 1 heterocycles. The molecule has 0 amide bonds. The molecule has 1 aliphatic heterocycles. The van der Waals surface area contributed by atoms with Crippen molar-refractivity contribution in [3.8, 4) is 6.07 Å². The van der Waals surface area contributed by atoms with Crippen molar-refractivity contribution < 1.29 is 16.8 Å². The van der Waals surface area contributed by atoms with Gasteiger partial charge in [0.1, 0.15) is 0 Å². The Balaban J connectivity index is 1.78. The van der Waals surface area contributed by atoms with E-state index in [2.05, 4.69) is 11.6 Å². The molecular weight excluding hydrogens is 398 g/mol. The van der Waals surface area contributed by atoms with Gasteiger partial charge in [0, 0.05) is 18.8 Å². The standard InChI is InChI=1S/C19H21N3O4S2/c1-15-9-11-22(12-10-15)28(25,26)18-7-5-17(6-8-18)21-27(23,24)19-4-2-3-16(13-19)14-20/h2-8,13,15,21H,9-12H2,1H3. The Morgan fingerprint density at radius 1 is 1.00 bits per heavy atom. The van der Waals surface area contributed by atoms with Crippen LogP contribution in [0, 0.1) is 17.2 Å². The van der Waals surface area contributed by atoms with E-state index >= 15 is 0 Å². The monoisotopic (exact) mass is 419 g/mol. The zero-order valence-corrected chi connectivity index (χ0v) is 17.0. The maximum absolute atomic E-state index is 12.7. The van der Waals surface area contributed by atoms with E-state index < -0.39 is 20.0 Å². The number of anilines is 1. The highest BCUT2D eigenvalue weighted by Gasteiger charge is 2.28. The van der Waals surface area contributed by atoms with Crippen LogP contribution in [0.4, 0.5) is 5.69 Å². The zero-order chi connectivity index (χ0) is 20.4. The summed E-state index contributed by atoms with van der Waals surface area (Å²) in [6.07, 6.45) is 1.66. The van der Waals surface area contributed by atoms with E-state index in [1.165, 1.54) is 52.8 Å². The molecule has 0 radical (unpaired) electrons. The molecule has 1 N–H and O–H groups in total. The summed E-state index contributed by atoms with van der Waals surface area (Å²) in [5, 5.41) is 8.92. The second-order valence-electron chi connectivity index (χ2n) is 6.86. The van der Waals surface area contributed by atoms with E-state index in [-0.39, 0.29) is 21.0 Å². The van der Waals surface area contributed by atoms with Gasteiger partial charge in [0.2, 0.25) is 10.0 Å². The molecule has 2 aromatic rings. The lowest BCUT2D eigenvalue weighted by Crippen LogP contribution is -2.37. The third-order valence-corrected chi connectivity index (χ3v) is 8.05. The predicted octanol–water partition coefficient (Wildman–Crippen LogP) is 2.78. The van der Waals surface area contributed by atoms with Gasteiger partial charge < -0.3 is 0 Å². The molecule has 9 heteroatoms. The summed E-state index contributed by atoms with van der Waals surface area (Å²) in [6, 6.07) is 13.2. The third kappa shape index (κ3) is 4.35. The molecule has 1 saturated heterocycles. The minimum atomic E-state index is -3.88. The van der Waals surface area contributed by atoms with E-state index in [4.69, 9.17) is 5.26 Å². The topological polar surface area (TPSA) is 107 Å². The summed E-state index contributed by atoms with van der Waals surface area (Å²) in [6.45, 7) is 3.09. The van der Waals surface area contributed by atoms with Gasteiger partial charge in [0.25, 0.3) is 10.0 Å². The highest BCUT2D eigenvalue weighted by Crippen LogP contribution is 2.25. The Morgan fingerprint density at radius 3 is 2.25 bits per heavy atom. The summed E-state index contributed by atoms with van der Waals surface area (Å²) in [7, 11) is -7.47. The largest absolute Gasteiger partial charge is 0.280 e. The van der Waals surface area contributed by atoms with Crippen molar-refractivity contribution in [3.05, 3.63) is 54.1 Å². The number of benzene rings is 2. The van der Waals surface area contributed by atoms with Gasteiger partial charge in [-0.2, -0.15) is 9.57 Å². The minimum Gasteiger partial charge on any atom is -0.280 e. The Bertz CT molecular complexity index is 1100. The molecule has 0 aromatic heterocycles. The van der Waals surface area contributed by atoms with E-state index in [0.717, 1.165) is 12.8 Å². The van der Waals surface area contributed by atoms with Crippen molar-refractivity contribution in [2.45, 2.75) is 29.6 Å². The number of nitrogens with one attached hydrogen (secondary N) is 1. The van der Waals surface area contributed by atoms with Crippen LogP contribution in [0.15, 0.2) is 58.3 Å². The number of hydrogen-bond donors (Lipinski definition) is 1. The smallest absolute Gasteiger partial charge is 0.261 e. The molecule has 0 unspecified atom stereocenters. The van der Waals surface area contributed by atoms with Gasteiger partial charge in [0.05, 0.1) is 21.4 Å². The highest BCUT2D eigenvalue weighted by molar-refractivity contribution is 7.92. The van der Waals surface area contributed by atoms with Crippen LogP contribution in [0.1, 0.15) is 25.3 Å². The maximum Gasteiger partial charge on any atom is 0.261 e. The quantitative estimate of drug-likeness (QED) is 0.802. The predicted molar refractivity (Wildman–Crippen MR) is 106 cm³/mol. The molecule has 148 valence electrons. The summed E-state index contributed by atoms with van der Waals surface area (Å²) < 4.78 is 54.3. The molecule has 1 fully saturated rings. The fourth-order valence-corrected chi connectivity index (χ4v) is 5.59. The van der Waals surface area contributed by atoms with Gasteiger partial charge in [-0.05, 0) is 61.2 Å². The van der Waals surface area contributed by atoms with Crippen molar-refractivity contribution in [2.24, 2.45) is 5.92 Å². The summed E-state index contributed by atoms with van der Waals surface area (Å²) in [5.41, 5.74) is 0.480. The zero-order valence-electron chi connectivity index (χ0n) is 15.4. The number of nitriles is 1. The van der Waals surface area contributed by atoms with Gasteiger partial charge in [-0.15, -0.1) is 0 Å². The minimum absolute atomic E-state index is 0.0364. The summed E-state index contributed by atoms with van der Waals surface area (Å²) in [4.78, 5) is 0.0992. The third-order valence-electron chi connectivity index (χ3n) is 4.76. The van der Waals surface area contributed by atoms with Gasteiger partial charge in [-0.1, -0.05) is 13.0 Å². The van der Waals surface area contributed by atoms with E-state index in [1.54, 1.807) is 0 Å². The first-order valence-corrected chi connectivity index (χ1v) is 11.8. The van der Waals surface area contributed by atoms with Crippen LogP contribution in [-0.2, 0) is 20.0 Å². The molecule has 0 bridgehead atoms. The summed E-state index contributed by atoms with van der Waals surface area (Å²) >= 11 is 0. The van der Waals surface area contributed by atoms with E-state index in [0.29, 0.717) is 19.0 Å². The highest BCUT2D eigenvalue weighted by atomic mass is 32.2. The lowest BCUT2D eigenvalue weighted by molar-refractivity contribution is 0.288. The molecule has 3 rings (SSSR count). The number of nitrogens with zero attached hydrogens (tertiary/aromatic N) is 2. The molecule has 0 saturated carbocycles. The van der Waals surface area contributed by atoms with Crippen LogP contribution >= 0.6 is 0 Å². The lowest BCUT2D eigenvalue weighted by Gasteiger charge is -2.29. The molecule has 28 heavy (non-hydrogen) atoms. The van der Waals surface area contributed by atoms with Crippen LogP contribution in [0.5, 0.6) is 0 Å². The lowest BCUT2D eigenvalue weighted by atomic mass is 10.0. The summed E-state index contributed by atoms with van der Waals surface area (Å²) in [5.74, 6) is 0.516. The Hall–Kier alpha value is -2.41. The van der Waals surface area contributed by atoms with Crippen molar-refractivity contribution in [3.63, 3.8) is 0 Å². The van der Waals surface area contributed by atoms with Gasteiger partial charge in [-0.25, -0.2) is 16.8 Å². The average molecular weight is 420 g/mol. The van der Waals surface area contributed by atoms with E-state index in [1.807, 2.05) is 6.07 Å². The first-order valence-electron chi connectivity index (χ1n) is 8.85. The van der Waals surface area contributed by atoms with Crippen molar-refractivity contribution >= 4 is 25.7 Å². The van der Waals surface area contributed by atoms with Crippen LogP contribution < -0.4 is 4.72 Å². The normalized spacial score (nSPS) is 16.4. The molecule has 0 atom stereocenters. The number of sulfonamides is 2. The number of rotatable bonds is 5. The van der Waals surface area contributed by atoms with Gasteiger partial charge in [0.15, 0.2) is 0 Å². The van der Waals surface area contributed by atoms with Gasteiger partial charge >= 0.3 is 0 Å². The fourth-order valence-electron chi connectivity index (χ4n) is 3.02. The van der Waals surface area contributed by atoms with Crippen LogP contribution in [0.25, 0.3) is 0 Å². The van der Waals surface area contributed by atoms with Crippen molar-refractivity contribution in [2.75, 3.05) is 17.8 Å². The number of hydrogen-bond acceptors (Lipinski definition) is 5. The van der Waals surface area contributed by atoms with Crippen LogP contribution in [-0.4, -0.2) is 34.2 Å². The average Bonchev–Trinajstić information content (AvgIpc) is 2.68. The molecule has 1 aliphatic rings. The second-order valence-corrected chi connectivity index (χ2v) is 10.5. The first-order chi connectivity index (χ1) is 13.2. The fraction of sp³-hybridized carbons (Fsp3) is 0.316. The Labute approximate surface area is 165 Å². The molecule has 0 spiro atoms. The molecule has 7 nitrogen and oxygen atoms in total. The van der Waals surface area contributed by atoms with Crippen molar-refractivity contribution in [1.29, 1.82) is 5.26 Å². The Kier molecular flexibility index (Phi) is 5.74. The molecular formula is C19H21N3O4S2.